The first kappa shape index (κ1) is 13.1. The molecule has 1 saturated carbocycles. The molecule has 1 aromatic carbocycles. The molecule has 2 fully saturated rings. The van der Waals surface area contributed by atoms with Crippen molar-refractivity contribution >= 4 is 11.6 Å². The second kappa shape index (κ2) is 5.59. The van der Waals surface area contributed by atoms with E-state index in [1.807, 2.05) is 6.07 Å². The van der Waals surface area contributed by atoms with Crippen molar-refractivity contribution in [3.05, 3.63) is 22.7 Å². The van der Waals surface area contributed by atoms with E-state index in [4.69, 9.17) is 21.1 Å². The highest BCUT2D eigenvalue weighted by Gasteiger charge is 2.24. The lowest BCUT2D eigenvalue weighted by Crippen LogP contribution is -2.13. The van der Waals surface area contributed by atoms with Crippen LogP contribution < -0.4 is 14.8 Å². The predicted molar refractivity (Wildman–Crippen MR) is 76.2 cm³/mol. The van der Waals surface area contributed by atoms with E-state index in [2.05, 4.69) is 11.4 Å². The molecule has 3 nitrogen and oxygen atoms in total. The molecule has 0 spiro atoms. The SMILES string of the molecule is COc1c(Cl)cc(C2CCCN2)cc1OCC1CC1. The lowest BCUT2D eigenvalue weighted by molar-refractivity contribution is 0.280. The van der Waals surface area contributed by atoms with E-state index in [1.165, 1.54) is 24.8 Å². The summed E-state index contributed by atoms with van der Waals surface area (Å²) >= 11 is 6.31. The van der Waals surface area contributed by atoms with Gasteiger partial charge in [-0.1, -0.05) is 11.6 Å². The first-order valence-electron chi connectivity index (χ1n) is 7.01. The van der Waals surface area contributed by atoms with Crippen LogP contribution in [0.5, 0.6) is 11.5 Å². The molecule has 1 atom stereocenters. The van der Waals surface area contributed by atoms with Crippen molar-refractivity contribution in [3.8, 4) is 11.5 Å². The minimum absolute atomic E-state index is 0.395. The van der Waals surface area contributed by atoms with Gasteiger partial charge >= 0.3 is 0 Å². The number of methoxy groups -OCH3 is 1. The van der Waals surface area contributed by atoms with Gasteiger partial charge in [0.1, 0.15) is 0 Å². The Morgan fingerprint density at radius 3 is 2.79 bits per heavy atom. The minimum Gasteiger partial charge on any atom is -0.491 e. The molecule has 1 saturated heterocycles. The smallest absolute Gasteiger partial charge is 0.179 e. The van der Waals surface area contributed by atoms with Crippen LogP contribution in [0.3, 0.4) is 0 Å². The lowest BCUT2D eigenvalue weighted by atomic mass is 10.0. The van der Waals surface area contributed by atoms with E-state index < -0.39 is 0 Å². The van der Waals surface area contributed by atoms with Crippen LogP contribution in [0, 0.1) is 5.92 Å². The van der Waals surface area contributed by atoms with Gasteiger partial charge < -0.3 is 14.8 Å². The van der Waals surface area contributed by atoms with Gasteiger partial charge in [-0.3, -0.25) is 0 Å². The maximum absolute atomic E-state index is 6.31. The summed E-state index contributed by atoms with van der Waals surface area (Å²) in [4.78, 5) is 0. The quantitative estimate of drug-likeness (QED) is 0.895. The third-order valence-corrected chi connectivity index (χ3v) is 4.15. The van der Waals surface area contributed by atoms with Crippen molar-refractivity contribution < 1.29 is 9.47 Å². The highest BCUT2D eigenvalue weighted by atomic mass is 35.5. The molecule has 0 bridgehead atoms. The van der Waals surface area contributed by atoms with Gasteiger partial charge in [0, 0.05) is 6.04 Å². The van der Waals surface area contributed by atoms with E-state index in [-0.39, 0.29) is 0 Å². The molecular weight excluding hydrogens is 262 g/mol. The van der Waals surface area contributed by atoms with E-state index in [0.717, 1.165) is 31.2 Å². The maximum Gasteiger partial charge on any atom is 0.179 e. The second-order valence-electron chi connectivity index (χ2n) is 5.44. The normalized spacial score (nSPS) is 22.5. The third kappa shape index (κ3) is 2.98. The van der Waals surface area contributed by atoms with Crippen molar-refractivity contribution in [1.29, 1.82) is 0 Å². The molecular formula is C15H20ClNO2. The number of nitrogens with one attached hydrogen (secondary N) is 1. The lowest BCUT2D eigenvalue weighted by Gasteiger charge is -2.17. The van der Waals surface area contributed by atoms with Crippen LogP contribution >= 0.6 is 11.6 Å². The molecule has 104 valence electrons. The molecule has 0 radical (unpaired) electrons. The summed E-state index contributed by atoms with van der Waals surface area (Å²) in [5.41, 5.74) is 1.20. The molecule has 0 aromatic heterocycles. The summed E-state index contributed by atoms with van der Waals surface area (Å²) in [6.45, 7) is 1.85. The standard InChI is InChI=1S/C15H20ClNO2/c1-18-15-12(16)7-11(13-3-2-6-17-13)8-14(15)19-9-10-4-5-10/h7-8,10,13,17H,2-6,9H2,1H3. The summed E-state index contributed by atoms with van der Waals surface area (Å²) in [5.74, 6) is 2.16. The molecule has 1 heterocycles. The Morgan fingerprint density at radius 1 is 1.32 bits per heavy atom. The Bertz CT molecular complexity index is 454. The van der Waals surface area contributed by atoms with Gasteiger partial charge in [-0.2, -0.15) is 0 Å². The largest absolute Gasteiger partial charge is 0.491 e. The van der Waals surface area contributed by atoms with E-state index in [0.29, 0.717) is 16.8 Å². The van der Waals surface area contributed by atoms with Gasteiger partial charge in [0.25, 0.3) is 0 Å². The Labute approximate surface area is 119 Å². The van der Waals surface area contributed by atoms with Crippen LogP contribution in [-0.4, -0.2) is 20.3 Å². The van der Waals surface area contributed by atoms with Gasteiger partial charge in [0.15, 0.2) is 11.5 Å². The van der Waals surface area contributed by atoms with Crippen LogP contribution in [0.25, 0.3) is 0 Å². The number of hydrogen-bond donors (Lipinski definition) is 1. The fraction of sp³-hybridized carbons (Fsp3) is 0.600. The summed E-state index contributed by atoms with van der Waals surface area (Å²) < 4.78 is 11.3. The minimum atomic E-state index is 0.395. The first-order chi connectivity index (χ1) is 9.28. The first-order valence-corrected chi connectivity index (χ1v) is 7.39. The number of ether oxygens (including phenoxy) is 2. The molecule has 1 aliphatic heterocycles. The van der Waals surface area contributed by atoms with Crippen molar-refractivity contribution in [2.75, 3.05) is 20.3 Å². The molecule has 2 aliphatic rings. The highest BCUT2D eigenvalue weighted by molar-refractivity contribution is 6.32. The summed E-state index contributed by atoms with van der Waals surface area (Å²) in [7, 11) is 1.64. The van der Waals surface area contributed by atoms with E-state index in [9.17, 15) is 0 Å². The topological polar surface area (TPSA) is 30.5 Å². The van der Waals surface area contributed by atoms with Crippen LogP contribution in [0.2, 0.25) is 5.02 Å². The maximum atomic E-state index is 6.31. The van der Waals surface area contributed by atoms with E-state index >= 15 is 0 Å². The van der Waals surface area contributed by atoms with Crippen LogP contribution in [0.1, 0.15) is 37.3 Å². The average Bonchev–Trinajstić information content (AvgIpc) is 3.07. The average molecular weight is 282 g/mol. The van der Waals surface area contributed by atoms with Crippen molar-refractivity contribution in [2.24, 2.45) is 5.92 Å². The molecule has 1 unspecified atom stereocenters. The number of halogens is 1. The van der Waals surface area contributed by atoms with Gasteiger partial charge in [-0.05, 0) is 55.8 Å². The molecule has 19 heavy (non-hydrogen) atoms. The summed E-state index contributed by atoms with van der Waals surface area (Å²) in [6.07, 6.45) is 4.93. The molecule has 4 heteroatoms. The van der Waals surface area contributed by atoms with Gasteiger partial charge in [0.05, 0.1) is 18.7 Å². The fourth-order valence-electron chi connectivity index (χ4n) is 2.56. The monoisotopic (exact) mass is 281 g/mol. The Morgan fingerprint density at radius 2 is 2.16 bits per heavy atom. The summed E-state index contributed by atoms with van der Waals surface area (Å²) in [5, 5.41) is 4.13. The second-order valence-corrected chi connectivity index (χ2v) is 5.84. The zero-order valence-corrected chi connectivity index (χ0v) is 12.0. The third-order valence-electron chi connectivity index (χ3n) is 3.87. The van der Waals surface area contributed by atoms with Crippen molar-refractivity contribution in [2.45, 2.75) is 31.7 Å². The van der Waals surface area contributed by atoms with Crippen molar-refractivity contribution in [3.63, 3.8) is 0 Å². The van der Waals surface area contributed by atoms with Gasteiger partial charge in [-0.25, -0.2) is 0 Å². The summed E-state index contributed by atoms with van der Waals surface area (Å²) in [6, 6.07) is 4.47. The molecule has 1 aliphatic carbocycles. The number of hydrogen-bond acceptors (Lipinski definition) is 3. The van der Waals surface area contributed by atoms with Crippen LogP contribution in [-0.2, 0) is 0 Å². The molecule has 3 rings (SSSR count). The molecule has 1 aromatic rings. The zero-order valence-electron chi connectivity index (χ0n) is 11.2. The van der Waals surface area contributed by atoms with Crippen LogP contribution in [0.4, 0.5) is 0 Å². The zero-order chi connectivity index (χ0) is 13.2. The predicted octanol–water partition coefficient (Wildman–Crippen LogP) is 3.56. The van der Waals surface area contributed by atoms with Crippen LogP contribution in [0.15, 0.2) is 12.1 Å². The fourth-order valence-corrected chi connectivity index (χ4v) is 2.85. The Kier molecular flexibility index (Phi) is 3.85. The van der Waals surface area contributed by atoms with Gasteiger partial charge in [0.2, 0.25) is 0 Å². The highest BCUT2D eigenvalue weighted by Crippen LogP contribution is 2.40. The Balaban J connectivity index is 1.84. The van der Waals surface area contributed by atoms with Gasteiger partial charge in [-0.15, -0.1) is 0 Å². The van der Waals surface area contributed by atoms with Crippen molar-refractivity contribution in [1.82, 2.24) is 5.32 Å². The molecule has 1 N–H and O–H groups in total. The number of benzene rings is 1. The van der Waals surface area contributed by atoms with E-state index in [1.54, 1.807) is 7.11 Å². The Hall–Kier alpha value is -0.930. The molecule has 0 amide bonds. The number of rotatable bonds is 5.